The molecule has 1 aliphatic rings. The molecule has 0 radical (unpaired) electrons. The van der Waals surface area contributed by atoms with Crippen LogP contribution in [0.15, 0.2) is 0 Å². The molecule has 3 atom stereocenters. The Morgan fingerprint density at radius 2 is 2.33 bits per heavy atom. The fraction of sp³-hybridized carbons (Fsp3) is 1.00. The molecule has 0 aromatic rings. The van der Waals surface area contributed by atoms with Crippen molar-refractivity contribution in [3.8, 4) is 0 Å². The Hall–Kier alpha value is -0.120. The molecule has 1 N–H and O–H groups in total. The molecule has 0 amide bonds. The highest BCUT2D eigenvalue weighted by molar-refractivity contribution is 4.81. The van der Waals surface area contributed by atoms with Gasteiger partial charge in [-0.15, -0.1) is 0 Å². The summed E-state index contributed by atoms with van der Waals surface area (Å²) in [6.07, 6.45) is 3.80. The molecule has 0 aromatic heterocycles. The Morgan fingerprint density at radius 1 is 1.53 bits per heavy atom. The van der Waals surface area contributed by atoms with Crippen LogP contribution in [-0.4, -0.2) is 39.0 Å². The third-order valence-corrected chi connectivity index (χ3v) is 3.18. The van der Waals surface area contributed by atoms with Gasteiger partial charge in [0.15, 0.2) is 0 Å². The van der Waals surface area contributed by atoms with Gasteiger partial charge in [-0.25, -0.2) is 0 Å². The first-order chi connectivity index (χ1) is 7.27. The van der Waals surface area contributed by atoms with Crippen LogP contribution < -0.4 is 5.32 Å². The highest BCUT2D eigenvalue weighted by atomic mass is 16.5. The molecule has 90 valence electrons. The van der Waals surface area contributed by atoms with Crippen LogP contribution in [0.4, 0.5) is 0 Å². The van der Waals surface area contributed by atoms with E-state index in [1.807, 2.05) is 0 Å². The molecule has 3 unspecified atom stereocenters. The molecule has 1 heterocycles. The fourth-order valence-electron chi connectivity index (χ4n) is 2.10. The summed E-state index contributed by atoms with van der Waals surface area (Å²) < 4.78 is 10.8. The molecule has 3 heteroatoms. The first-order valence-corrected chi connectivity index (χ1v) is 6.11. The van der Waals surface area contributed by atoms with E-state index in [1.165, 1.54) is 12.8 Å². The lowest BCUT2D eigenvalue weighted by Crippen LogP contribution is -2.39. The third kappa shape index (κ3) is 4.49. The van der Waals surface area contributed by atoms with E-state index in [0.29, 0.717) is 18.1 Å². The van der Waals surface area contributed by atoms with Gasteiger partial charge in [0.25, 0.3) is 0 Å². The van der Waals surface area contributed by atoms with Crippen molar-refractivity contribution >= 4 is 0 Å². The van der Waals surface area contributed by atoms with E-state index in [4.69, 9.17) is 9.47 Å². The number of rotatable bonds is 7. The van der Waals surface area contributed by atoms with Gasteiger partial charge < -0.3 is 14.8 Å². The lowest BCUT2D eigenvalue weighted by Gasteiger charge is -2.26. The van der Waals surface area contributed by atoms with Crippen molar-refractivity contribution in [3.05, 3.63) is 0 Å². The topological polar surface area (TPSA) is 30.5 Å². The molecular formula is C12H25NO2. The average Bonchev–Trinajstić information content (AvgIpc) is 2.77. The van der Waals surface area contributed by atoms with Gasteiger partial charge in [-0.05, 0) is 38.6 Å². The maximum atomic E-state index is 5.45. The van der Waals surface area contributed by atoms with E-state index in [9.17, 15) is 0 Å². The predicted molar refractivity (Wildman–Crippen MR) is 62.1 cm³/mol. The van der Waals surface area contributed by atoms with Crippen LogP contribution >= 0.6 is 0 Å². The first kappa shape index (κ1) is 12.9. The van der Waals surface area contributed by atoms with Crippen molar-refractivity contribution in [2.45, 2.75) is 45.3 Å². The second-order valence-corrected chi connectivity index (χ2v) is 4.47. The van der Waals surface area contributed by atoms with E-state index in [2.05, 4.69) is 19.2 Å². The van der Waals surface area contributed by atoms with E-state index < -0.39 is 0 Å². The van der Waals surface area contributed by atoms with Gasteiger partial charge in [0, 0.05) is 19.8 Å². The van der Waals surface area contributed by atoms with E-state index >= 15 is 0 Å². The minimum absolute atomic E-state index is 0.333. The molecule has 0 bridgehead atoms. The SMILES string of the molecule is CCCNC(CC(C)OC)C1CCOC1. The monoisotopic (exact) mass is 215 g/mol. The Labute approximate surface area is 93.5 Å². The number of hydrogen-bond acceptors (Lipinski definition) is 3. The van der Waals surface area contributed by atoms with Crippen LogP contribution in [0.2, 0.25) is 0 Å². The van der Waals surface area contributed by atoms with Crippen LogP contribution in [-0.2, 0) is 9.47 Å². The molecule has 1 aliphatic heterocycles. The average molecular weight is 215 g/mol. The molecule has 1 saturated heterocycles. The summed E-state index contributed by atoms with van der Waals surface area (Å²) in [6, 6.07) is 0.558. The Balaban J connectivity index is 2.36. The third-order valence-electron chi connectivity index (χ3n) is 3.18. The zero-order chi connectivity index (χ0) is 11.1. The van der Waals surface area contributed by atoms with Crippen molar-refractivity contribution in [1.29, 1.82) is 0 Å². The first-order valence-electron chi connectivity index (χ1n) is 6.11. The Bertz CT molecular complexity index is 158. The quantitative estimate of drug-likeness (QED) is 0.702. The van der Waals surface area contributed by atoms with Gasteiger partial charge in [0.2, 0.25) is 0 Å². The largest absolute Gasteiger partial charge is 0.382 e. The maximum Gasteiger partial charge on any atom is 0.0558 e. The van der Waals surface area contributed by atoms with Gasteiger partial charge in [0.1, 0.15) is 0 Å². The summed E-state index contributed by atoms with van der Waals surface area (Å²) in [6.45, 7) is 7.27. The van der Waals surface area contributed by atoms with Gasteiger partial charge in [-0.2, -0.15) is 0 Å². The van der Waals surface area contributed by atoms with Gasteiger partial charge in [0.05, 0.1) is 12.7 Å². The smallest absolute Gasteiger partial charge is 0.0558 e. The summed E-state index contributed by atoms with van der Waals surface area (Å²) in [7, 11) is 1.78. The zero-order valence-electron chi connectivity index (χ0n) is 10.3. The Kier molecular flexibility index (Phi) is 6.22. The van der Waals surface area contributed by atoms with Crippen molar-refractivity contribution in [1.82, 2.24) is 5.32 Å². The van der Waals surface area contributed by atoms with Crippen LogP contribution in [0, 0.1) is 5.92 Å². The highest BCUT2D eigenvalue weighted by Gasteiger charge is 2.26. The summed E-state index contributed by atoms with van der Waals surface area (Å²) >= 11 is 0. The number of ether oxygens (including phenoxy) is 2. The summed E-state index contributed by atoms with van der Waals surface area (Å²) in [5.41, 5.74) is 0. The number of methoxy groups -OCH3 is 1. The van der Waals surface area contributed by atoms with Crippen molar-refractivity contribution in [2.24, 2.45) is 5.92 Å². The lowest BCUT2D eigenvalue weighted by molar-refractivity contribution is 0.0888. The lowest BCUT2D eigenvalue weighted by atomic mass is 9.94. The molecule has 0 spiro atoms. The Morgan fingerprint density at radius 3 is 2.87 bits per heavy atom. The fourth-order valence-corrected chi connectivity index (χ4v) is 2.10. The number of hydrogen-bond donors (Lipinski definition) is 1. The van der Waals surface area contributed by atoms with Crippen LogP contribution in [0.1, 0.15) is 33.1 Å². The molecule has 0 aliphatic carbocycles. The van der Waals surface area contributed by atoms with Gasteiger partial charge >= 0.3 is 0 Å². The highest BCUT2D eigenvalue weighted by Crippen LogP contribution is 2.20. The molecule has 1 fully saturated rings. The summed E-state index contributed by atoms with van der Waals surface area (Å²) in [5.74, 6) is 0.675. The molecule has 0 saturated carbocycles. The van der Waals surface area contributed by atoms with E-state index in [1.54, 1.807) is 7.11 Å². The van der Waals surface area contributed by atoms with Crippen molar-refractivity contribution < 1.29 is 9.47 Å². The molecule has 0 aromatic carbocycles. The predicted octanol–water partition coefficient (Wildman–Crippen LogP) is 1.82. The minimum Gasteiger partial charge on any atom is -0.382 e. The second kappa shape index (κ2) is 7.20. The maximum absolute atomic E-state index is 5.45. The van der Waals surface area contributed by atoms with Crippen molar-refractivity contribution in [3.63, 3.8) is 0 Å². The molecule has 1 rings (SSSR count). The summed E-state index contributed by atoms with van der Waals surface area (Å²) in [4.78, 5) is 0. The van der Waals surface area contributed by atoms with E-state index in [-0.39, 0.29) is 0 Å². The van der Waals surface area contributed by atoms with Crippen molar-refractivity contribution in [2.75, 3.05) is 26.9 Å². The normalized spacial score (nSPS) is 25.4. The standard InChI is InChI=1S/C12H25NO2/c1-4-6-13-12(8-10(2)14-3)11-5-7-15-9-11/h10-13H,4-9H2,1-3H3. The zero-order valence-corrected chi connectivity index (χ0v) is 10.3. The summed E-state index contributed by atoms with van der Waals surface area (Å²) in [5, 5.41) is 3.62. The van der Waals surface area contributed by atoms with Gasteiger partial charge in [-0.3, -0.25) is 0 Å². The number of nitrogens with one attached hydrogen (secondary N) is 1. The van der Waals surface area contributed by atoms with Crippen LogP contribution in [0.25, 0.3) is 0 Å². The van der Waals surface area contributed by atoms with Gasteiger partial charge in [-0.1, -0.05) is 6.92 Å². The van der Waals surface area contributed by atoms with E-state index in [0.717, 1.165) is 26.2 Å². The van der Waals surface area contributed by atoms with Crippen LogP contribution in [0.5, 0.6) is 0 Å². The molecular weight excluding hydrogens is 190 g/mol. The molecule has 3 nitrogen and oxygen atoms in total. The minimum atomic E-state index is 0.333. The second-order valence-electron chi connectivity index (χ2n) is 4.47. The van der Waals surface area contributed by atoms with Crippen LogP contribution in [0.3, 0.4) is 0 Å². The molecule has 15 heavy (non-hydrogen) atoms.